The maximum atomic E-state index is 12.7. The second-order valence-corrected chi connectivity index (χ2v) is 8.87. The van der Waals surface area contributed by atoms with Crippen molar-refractivity contribution in [2.75, 3.05) is 41.1 Å². The van der Waals surface area contributed by atoms with Crippen molar-refractivity contribution in [3.05, 3.63) is 62.1 Å². The fourth-order valence-corrected chi connectivity index (χ4v) is 4.91. The first kappa shape index (κ1) is 23.9. The average molecular weight is 511 g/mol. The number of aromatic amines is 1. The van der Waals surface area contributed by atoms with E-state index >= 15 is 0 Å². The van der Waals surface area contributed by atoms with Crippen molar-refractivity contribution >= 4 is 18.4 Å². The molecule has 36 heavy (non-hydrogen) atoms. The van der Waals surface area contributed by atoms with E-state index in [1.165, 1.54) is 10.8 Å². The lowest BCUT2D eigenvalue weighted by Crippen LogP contribution is -2.34. The topological polar surface area (TPSA) is 111 Å². The Bertz CT molecular complexity index is 1450. The molecule has 0 radical (unpaired) electrons. The summed E-state index contributed by atoms with van der Waals surface area (Å²) < 4.78 is 23.6. The molecule has 0 aliphatic carbocycles. The van der Waals surface area contributed by atoms with Crippen LogP contribution in [0.5, 0.6) is 28.9 Å². The minimum absolute atomic E-state index is 0.00996. The summed E-state index contributed by atoms with van der Waals surface area (Å²) in [6, 6.07) is 8.83. The number of fused-ring (bicyclic) bond motifs is 2. The predicted molar refractivity (Wildman–Crippen MR) is 136 cm³/mol. The van der Waals surface area contributed by atoms with Crippen molar-refractivity contribution in [3.8, 4) is 34.6 Å². The SMILES string of the molecule is COc1ccc(-n2c(O)c(C=NC[C@@H]3c4c(cc5c(c4OC)OCO5)CCN3C)c(=O)[nH]c2=S)cc1. The molecule has 0 saturated heterocycles. The third-order valence-corrected chi connectivity index (χ3v) is 6.78. The number of hydrogen-bond donors (Lipinski definition) is 2. The summed E-state index contributed by atoms with van der Waals surface area (Å²) in [4.78, 5) is 22.0. The van der Waals surface area contributed by atoms with Crippen LogP contribution in [0.15, 0.2) is 40.1 Å². The number of hydrogen-bond acceptors (Lipinski definition) is 9. The van der Waals surface area contributed by atoms with Crippen LogP contribution in [0.4, 0.5) is 0 Å². The lowest BCUT2D eigenvalue weighted by atomic mass is 9.91. The highest BCUT2D eigenvalue weighted by Gasteiger charge is 2.33. The van der Waals surface area contributed by atoms with Crippen LogP contribution in [0.1, 0.15) is 22.7 Å². The first-order valence-electron chi connectivity index (χ1n) is 11.3. The molecule has 0 saturated carbocycles. The van der Waals surface area contributed by atoms with Gasteiger partial charge in [0.15, 0.2) is 16.3 Å². The number of likely N-dealkylation sites (N-methyl/N-ethyl adjacent to an activating group) is 1. The number of nitrogens with zero attached hydrogens (tertiary/aromatic N) is 3. The van der Waals surface area contributed by atoms with Gasteiger partial charge in [0.1, 0.15) is 11.3 Å². The molecular formula is C25H26N4O6S. The van der Waals surface area contributed by atoms with Crippen LogP contribution in [0.3, 0.4) is 0 Å². The molecule has 3 aromatic rings. The van der Waals surface area contributed by atoms with Gasteiger partial charge in [-0.2, -0.15) is 0 Å². The molecule has 0 amide bonds. The lowest BCUT2D eigenvalue weighted by molar-refractivity contribution is 0.170. The van der Waals surface area contributed by atoms with E-state index in [4.69, 9.17) is 31.2 Å². The van der Waals surface area contributed by atoms with E-state index in [0.717, 1.165) is 24.1 Å². The average Bonchev–Trinajstić information content (AvgIpc) is 3.34. The summed E-state index contributed by atoms with van der Waals surface area (Å²) in [6.07, 6.45) is 2.21. The summed E-state index contributed by atoms with van der Waals surface area (Å²) in [7, 11) is 5.19. The van der Waals surface area contributed by atoms with Gasteiger partial charge < -0.3 is 24.1 Å². The number of nitrogens with one attached hydrogen (secondary N) is 1. The summed E-state index contributed by atoms with van der Waals surface area (Å²) in [5.41, 5.74) is 2.16. The van der Waals surface area contributed by atoms with Crippen molar-refractivity contribution in [1.29, 1.82) is 0 Å². The fourth-order valence-electron chi connectivity index (χ4n) is 4.63. The van der Waals surface area contributed by atoms with E-state index in [1.807, 2.05) is 13.1 Å². The molecule has 1 atom stereocenters. The van der Waals surface area contributed by atoms with Gasteiger partial charge in [-0.05, 0) is 61.6 Å². The molecule has 11 heteroatoms. The maximum absolute atomic E-state index is 12.7. The van der Waals surface area contributed by atoms with Crippen molar-refractivity contribution in [2.24, 2.45) is 4.99 Å². The van der Waals surface area contributed by atoms with Crippen LogP contribution < -0.4 is 24.5 Å². The minimum atomic E-state index is -0.524. The van der Waals surface area contributed by atoms with E-state index in [-0.39, 0.29) is 29.0 Å². The zero-order chi connectivity index (χ0) is 25.4. The van der Waals surface area contributed by atoms with Gasteiger partial charge in [0, 0.05) is 18.3 Å². The monoisotopic (exact) mass is 510 g/mol. The highest BCUT2D eigenvalue weighted by atomic mass is 32.1. The molecule has 0 fully saturated rings. The van der Waals surface area contributed by atoms with Crippen LogP contribution in [-0.2, 0) is 6.42 Å². The molecule has 0 unspecified atom stereocenters. The summed E-state index contributed by atoms with van der Waals surface area (Å²) in [6.45, 7) is 1.31. The van der Waals surface area contributed by atoms with Crippen molar-refractivity contribution in [1.82, 2.24) is 14.5 Å². The van der Waals surface area contributed by atoms with Gasteiger partial charge in [-0.25, -0.2) is 0 Å². The van der Waals surface area contributed by atoms with Gasteiger partial charge in [-0.15, -0.1) is 0 Å². The summed E-state index contributed by atoms with van der Waals surface area (Å²) in [5, 5.41) is 11.0. The highest BCUT2D eigenvalue weighted by molar-refractivity contribution is 7.71. The molecule has 10 nitrogen and oxygen atoms in total. The van der Waals surface area contributed by atoms with E-state index in [0.29, 0.717) is 35.2 Å². The highest BCUT2D eigenvalue weighted by Crippen LogP contribution is 2.49. The fraction of sp³-hybridized carbons (Fsp3) is 0.320. The first-order valence-corrected chi connectivity index (χ1v) is 11.8. The molecule has 2 aromatic carbocycles. The third kappa shape index (κ3) is 4.10. The molecule has 2 aliphatic rings. The largest absolute Gasteiger partial charge is 0.497 e. The van der Waals surface area contributed by atoms with Crippen LogP contribution in [0.2, 0.25) is 0 Å². The quantitative estimate of drug-likeness (QED) is 0.385. The van der Waals surface area contributed by atoms with Crippen LogP contribution in [-0.4, -0.2) is 66.9 Å². The number of methoxy groups -OCH3 is 2. The lowest BCUT2D eigenvalue weighted by Gasteiger charge is -2.35. The Morgan fingerprint density at radius 1 is 1.25 bits per heavy atom. The predicted octanol–water partition coefficient (Wildman–Crippen LogP) is 2.99. The Labute approximate surface area is 212 Å². The van der Waals surface area contributed by atoms with Crippen molar-refractivity contribution < 1.29 is 24.1 Å². The number of H-pyrrole nitrogens is 1. The summed E-state index contributed by atoms with van der Waals surface area (Å²) in [5.74, 6) is 2.28. The van der Waals surface area contributed by atoms with E-state index in [1.54, 1.807) is 38.5 Å². The number of rotatable bonds is 6. The smallest absolute Gasteiger partial charge is 0.264 e. The molecule has 2 N–H and O–H groups in total. The van der Waals surface area contributed by atoms with Gasteiger partial charge in [-0.1, -0.05) is 0 Å². The molecule has 0 bridgehead atoms. The Balaban J connectivity index is 1.49. The molecule has 2 aliphatic heterocycles. The maximum Gasteiger partial charge on any atom is 0.264 e. The van der Waals surface area contributed by atoms with Crippen LogP contribution in [0, 0.1) is 4.77 Å². The van der Waals surface area contributed by atoms with Crippen LogP contribution >= 0.6 is 12.2 Å². The Hall–Kier alpha value is -3.83. The Morgan fingerprint density at radius 3 is 2.75 bits per heavy atom. The van der Waals surface area contributed by atoms with Gasteiger partial charge in [0.25, 0.3) is 5.56 Å². The minimum Gasteiger partial charge on any atom is -0.497 e. The second-order valence-electron chi connectivity index (χ2n) is 8.49. The number of aromatic hydroxyl groups is 1. The standard InChI is InChI=1S/C25H26N4O6S/c1-28-9-8-14-10-19-21(35-13-34-19)22(33-3)20(14)18(28)12-26-11-17-23(30)27-25(36)29(24(17)31)15-4-6-16(32-2)7-5-15/h4-7,10-11,18,31H,8-9,12-13H2,1-3H3,(H,27,30,36)/t18-/m1/s1. The number of aromatic nitrogens is 2. The van der Waals surface area contributed by atoms with Crippen molar-refractivity contribution in [3.63, 3.8) is 0 Å². The van der Waals surface area contributed by atoms with Gasteiger partial charge >= 0.3 is 0 Å². The van der Waals surface area contributed by atoms with Gasteiger partial charge in [-0.3, -0.25) is 24.2 Å². The zero-order valence-corrected chi connectivity index (χ0v) is 20.9. The Kier molecular flexibility index (Phi) is 6.42. The van der Waals surface area contributed by atoms with Gasteiger partial charge in [0.2, 0.25) is 18.4 Å². The normalized spacial score (nSPS) is 16.8. The second kappa shape index (κ2) is 9.67. The van der Waals surface area contributed by atoms with E-state index in [2.05, 4.69) is 14.9 Å². The molecule has 1 aromatic heterocycles. The number of aliphatic imine (C=N–C) groups is 1. The van der Waals surface area contributed by atoms with Crippen molar-refractivity contribution in [2.45, 2.75) is 12.5 Å². The van der Waals surface area contributed by atoms with Crippen LogP contribution in [0.25, 0.3) is 5.69 Å². The first-order chi connectivity index (χ1) is 17.4. The molecular weight excluding hydrogens is 484 g/mol. The molecule has 5 rings (SSSR count). The third-order valence-electron chi connectivity index (χ3n) is 6.50. The number of ether oxygens (including phenoxy) is 4. The molecule has 188 valence electrons. The van der Waals surface area contributed by atoms with E-state index < -0.39 is 5.56 Å². The Morgan fingerprint density at radius 2 is 2.03 bits per heavy atom. The van der Waals surface area contributed by atoms with E-state index in [9.17, 15) is 9.90 Å². The number of benzene rings is 2. The molecule has 3 heterocycles. The zero-order valence-electron chi connectivity index (χ0n) is 20.1. The summed E-state index contributed by atoms with van der Waals surface area (Å²) >= 11 is 5.30. The molecule has 0 spiro atoms. The van der Waals surface area contributed by atoms with Gasteiger partial charge in [0.05, 0.1) is 32.5 Å².